The van der Waals surface area contributed by atoms with Gasteiger partial charge in [0.2, 0.25) is 0 Å². The standard InChI is InChI=1S/C43H42N2O8S2/c1-27(2)45(34-12-6-11-32(24-34)43(50)51)55(52,53)35-13-7-10-31(25-35)37(46)26-39-40(36-14-3-4-15-38(36)54-39)41(47)44-33-22-18-29(19-23-33)9-5-8-28-16-20-30(21-17-28)42(48)49/h6-7,10-13,16-25,27H,3-5,8-9,14-15,26H2,1-2H3,(H,44,47)(H,48,49)(H,50,51). The summed E-state index contributed by atoms with van der Waals surface area (Å²) in [5, 5.41) is 21.6. The minimum Gasteiger partial charge on any atom is -0.478 e. The van der Waals surface area contributed by atoms with Crippen LogP contribution >= 0.6 is 11.3 Å². The molecule has 1 amide bonds. The predicted molar refractivity (Wildman–Crippen MR) is 213 cm³/mol. The molecule has 5 aromatic rings. The molecule has 1 aliphatic carbocycles. The number of Topliss-reactive ketones (excluding diaryl/α,β-unsaturated/α-hetero) is 1. The summed E-state index contributed by atoms with van der Waals surface area (Å²) < 4.78 is 29.1. The fourth-order valence-corrected chi connectivity index (χ4v) is 10.0. The molecule has 0 radical (unpaired) electrons. The molecule has 10 nitrogen and oxygen atoms in total. The summed E-state index contributed by atoms with van der Waals surface area (Å²) in [7, 11) is -4.20. The first-order valence-electron chi connectivity index (χ1n) is 18.2. The fraction of sp³-hybridized carbons (Fsp3) is 0.256. The summed E-state index contributed by atoms with van der Waals surface area (Å²) in [4.78, 5) is 52.1. The first-order chi connectivity index (χ1) is 26.3. The lowest BCUT2D eigenvalue weighted by Gasteiger charge is -2.28. The average molecular weight is 779 g/mol. The van der Waals surface area contributed by atoms with Crippen LogP contribution in [0.25, 0.3) is 0 Å². The van der Waals surface area contributed by atoms with Crippen molar-refractivity contribution >= 4 is 56.4 Å². The first-order valence-corrected chi connectivity index (χ1v) is 20.4. The minimum atomic E-state index is -4.20. The van der Waals surface area contributed by atoms with E-state index in [9.17, 15) is 32.7 Å². The zero-order chi connectivity index (χ0) is 39.3. The maximum absolute atomic E-state index is 14.0. The van der Waals surface area contributed by atoms with Crippen LogP contribution in [0, 0.1) is 0 Å². The molecule has 1 aliphatic rings. The summed E-state index contributed by atoms with van der Waals surface area (Å²) in [5.74, 6) is -2.73. The zero-order valence-corrected chi connectivity index (χ0v) is 32.2. The lowest BCUT2D eigenvalue weighted by molar-refractivity contribution is 0.0686. The SMILES string of the molecule is CC(C)N(c1cccc(C(=O)O)c1)S(=O)(=O)c1cccc(C(=O)Cc2sc3c(c2C(=O)Nc2ccc(CCCc4ccc(C(=O)O)cc4)cc2)CCCC3)c1. The van der Waals surface area contributed by atoms with Gasteiger partial charge in [-0.3, -0.25) is 13.9 Å². The Balaban J connectivity index is 1.17. The molecule has 0 bridgehead atoms. The number of rotatable bonds is 15. The highest BCUT2D eigenvalue weighted by molar-refractivity contribution is 7.92. The maximum atomic E-state index is 14.0. The Morgan fingerprint density at radius 3 is 2.04 bits per heavy atom. The van der Waals surface area contributed by atoms with Crippen molar-refractivity contribution < 1.29 is 37.8 Å². The number of fused-ring (bicyclic) bond motifs is 1. The average Bonchev–Trinajstić information content (AvgIpc) is 3.53. The second-order valence-corrected chi connectivity index (χ2v) is 16.9. The number of sulfonamides is 1. The number of nitrogens with one attached hydrogen (secondary N) is 1. The van der Waals surface area contributed by atoms with Crippen LogP contribution < -0.4 is 9.62 Å². The van der Waals surface area contributed by atoms with Crippen LogP contribution in [0.2, 0.25) is 0 Å². The number of carbonyl (C=O) groups is 4. The molecule has 0 saturated heterocycles. The molecule has 284 valence electrons. The van der Waals surface area contributed by atoms with E-state index in [1.165, 1.54) is 53.8 Å². The number of amides is 1. The van der Waals surface area contributed by atoms with E-state index in [4.69, 9.17) is 5.11 Å². The maximum Gasteiger partial charge on any atom is 0.335 e. The number of ketones is 1. The van der Waals surface area contributed by atoms with Crippen molar-refractivity contribution in [3.8, 4) is 0 Å². The molecule has 4 aromatic carbocycles. The number of nitrogens with zero attached hydrogens (tertiary/aromatic N) is 1. The molecule has 55 heavy (non-hydrogen) atoms. The molecule has 0 aliphatic heterocycles. The summed E-state index contributed by atoms with van der Waals surface area (Å²) in [6.45, 7) is 3.38. The van der Waals surface area contributed by atoms with Crippen molar-refractivity contribution in [3.05, 3.63) is 146 Å². The molecule has 1 heterocycles. The Hall–Kier alpha value is -5.59. The molecule has 0 fully saturated rings. The number of benzene rings is 4. The lowest BCUT2D eigenvalue weighted by atomic mass is 9.93. The van der Waals surface area contributed by atoms with E-state index in [1.807, 2.05) is 36.4 Å². The number of carboxylic acids is 2. The van der Waals surface area contributed by atoms with Gasteiger partial charge in [-0.05, 0) is 130 Å². The van der Waals surface area contributed by atoms with Gasteiger partial charge in [-0.25, -0.2) is 18.0 Å². The Morgan fingerprint density at radius 2 is 1.38 bits per heavy atom. The van der Waals surface area contributed by atoms with Crippen LogP contribution in [-0.4, -0.2) is 48.3 Å². The number of hydrogen-bond acceptors (Lipinski definition) is 7. The van der Waals surface area contributed by atoms with Gasteiger partial charge in [-0.1, -0.05) is 42.5 Å². The van der Waals surface area contributed by atoms with Crippen molar-refractivity contribution in [3.63, 3.8) is 0 Å². The smallest absolute Gasteiger partial charge is 0.335 e. The summed E-state index contributed by atoms with van der Waals surface area (Å²) >= 11 is 1.47. The van der Waals surface area contributed by atoms with Gasteiger partial charge in [0.1, 0.15) is 0 Å². The fourth-order valence-electron chi connectivity index (χ4n) is 6.95. The van der Waals surface area contributed by atoms with Gasteiger partial charge < -0.3 is 15.5 Å². The van der Waals surface area contributed by atoms with Gasteiger partial charge in [-0.15, -0.1) is 11.3 Å². The molecule has 0 saturated carbocycles. The molecular weight excluding hydrogens is 737 g/mol. The molecule has 12 heteroatoms. The monoisotopic (exact) mass is 778 g/mol. The Labute approximate surface area is 324 Å². The van der Waals surface area contributed by atoms with E-state index >= 15 is 0 Å². The zero-order valence-electron chi connectivity index (χ0n) is 30.6. The van der Waals surface area contributed by atoms with E-state index in [2.05, 4.69) is 5.32 Å². The third-order valence-electron chi connectivity index (χ3n) is 9.67. The van der Waals surface area contributed by atoms with Gasteiger partial charge >= 0.3 is 11.9 Å². The second kappa shape index (κ2) is 16.8. The molecular formula is C43H42N2O8S2. The van der Waals surface area contributed by atoms with Crippen LogP contribution in [0.3, 0.4) is 0 Å². The van der Waals surface area contributed by atoms with Crippen LogP contribution in [0.5, 0.6) is 0 Å². The van der Waals surface area contributed by atoms with E-state index in [0.29, 0.717) is 16.1 Å². The number of hydrogen-bond donors (Lipinski definition) is 3. The molecule has 3 N–H and O–H groups in total. The van der Waals surface area contributed by atoms with Crippen LogP contribution in [-0.2, 0) is 42.1 Å². The summed E-state index contributed by atoms with van der Waals surface area (Å²) in [5.41, 5.74) is 4.89. The van der Waals surface area contributed by atoms with Crippen molar-refractivity contribution in [2.24, 2.45) is 0 Å². The highest BCUT2D eigenvalue weighted by Gasteiger charge is 2.30. The highest BCUT2D eigenvalue weighted by Crippen LogP contribution is 2.36. The van der Waals surface area contributed by atoms with Crippen LogP contribution in [0.4, 0.5) is 11.4 Å². The Morgan fingerprint density at radius 1 is 0.764 bits per heavy atom. The number of thiophene rings is 1. The number of anilines is 2. The van der Waals surface area contributed by atoms with Gasteiger partial charge in [0.05, 0.1) is 27.3 Å². The number of carboxylic acid groups (broad SMARTS) is 2. The molecule has 0 atom stereocenters. The highest BCUT2D eigenvalue weighted by atomic mass is 32.2. The van der Waals surface area contributed by atoms with Crippen LogP contribution in [0.1, 0.15) is 101 Å². The van der Waals surface area contributed by atoms with Crippen molar-refractivity contribution in [2.75, 3.05) is 9.62 Å². The second-order valence-electron chi connectivity index (χ2n) is 13.9. The van der Waals surface area contributed by atoms with E-state index < -0.39 is 28.0 Å². The number of aryl methyl sites for hydroxylation is 3. The van der Waals surface area contributed by atoms with Gasteiger partial charge in [0, 0.05) is 33.5 Å². The number of carbonyl (C=O) groups excluding carboxylic acids is 2. The van der Waals surface area contributed by atoms with E-state index in [-0.39, 0.29) is 45.4 Å². The van der Waals surface area contributed by atoms with Crippen molar-refractivity contribution in [1.29, 1.82) is 0 Å². The molecule has 6 rings (SSSR count). The molecule has 1 aromatic heterocycles. The third-order valence-corrected chi connectivity index (χ3v) is 13.0. The van der Waals surface area contributed by atoms with E-state index in [1.54, 1.807) is 32.0 Å². The predicted octanol–water partition coefficient (Wildman–Crippen LogP) is 8.48. The van der Waals surface area contributed by atoms with Gasteiger partial charge in [-0.2, -0.15) is 0 Å². The lowest BCUT2D eigenvalue weighted by Crippen LogP contribution is -2.37. The summed E-state index contributed by atoms with van der Waals surface area (Å²) in [6.07, 6.45) is 5.93. The minimum absolute atomic E-state index is 0.0476. The topological polar surface area (TPSA) is 158 Å². The van der Waals surface area contributed by atoms with E-state index in [0.717, 1.165) is 70.8 Å². The van der Waals surface area contributed by atoms with Crippen molar-refractivity contribution in [2.45, 2.75) is 76.2 Å². The molecule has 0 spiro atoms. The van der Waals surface area contributed by atoms with Gasteiger partial charge in [0.15, 0.2) is 5.78 Å². The van der Waals surface area contributed by atoms with Crippen molar-refractivity contribution in [1.82, 2.24) is 0 Å². The Kier molecular flexibility index (Phi) is 12.0. The quantitative estimate of drug-likeness (QED) is 0.0894. The molecule has 0 unspecified atom stereocenters. The van der Waals surface area contributed by atoms with Crippen LogP contribution in [0.15, 0.2) is 102 Å². The third kappa shape index (κ3) is 9.04. The summed E-state index contributed by atoms with van der Waals surface area (Å²) in [6, 6.07) is 25.6. The number of aromatic carboxylic acids is 2. The van der Waals surface area contributed by atoms with Gasteiger partial charge in [0.25, 0.3) is 15.9 Å². The first kappa shape index (κ1) is 39.1. The normalized spacial score (nSPS) is 12.6. The largest absolute Gasteiger partial charge is 0.478 e. The Bertz CT molecular complexity index is 2350.